The maximum atomic E-state index is 12.1. The Morgan fingerprint density at radius 1 is 1.33 bits per heavy atom. The number of aryl methyl sites for hydroxylation is 1. The van der Waals surface area contributed by atoms with Gasteiger partial charge in [-0.05, 0) is 42.9 Å². The number of nitrogens with zero attached hydrogens (tertiary/aromatic N) is 2. The summed E-state index contributed by atoms with van der Waals surface area (Å²) < 4.78 is 0.720. The second-order valence-corrected chi connectivity index (χ2v) is 7.12. The summed E-state index contributed by atoms with van der Waals surface area (Å²) in [7, 11) is 0. The van der Waals surface area contributed by atoms with Gasteiger partial charge in [0.15, 0.2) is 4.34 Å². The monoisotopic (exact) mass is 320 g/mol. The average molecular weight is 320 g/mol. The lowest BCUT2D eigenvalue weighted by molar-refractivity contribution is -0.113. The summed E-state index contributed by atoms with van der Waals surface area (Å²) in [5.41, 5.74) is 9.13. The summed E-state index contributed by atoms with van der Waals surface area (Å²) >= 11 is 2.66. The first-order valence-electron chi connectivity index (χ1n) is 6.85. The largest absolute Gasteiger partial charge is 0.374 e. The zero-order valence-corrected chi connectivity index (χ0v) is 13.1. The minimum Gasteiger partial charge on any atom is -0.374 e. The topological polar surface area (TPSA) is 80.9 Å². The van der Waals surface area contributed by atoms with Gasteiger partial charge in [0.05, 0.1) is 5.75 Å². The number of rotatable bonds is 4. The lowest BCUT2D eigenvalue weighted by Crippen LogP contribution is -2.17. The highest BCUT2D eigenvalue weighted by Crippen LogP contribution is 2.28. The van der Waals surface area contributed by atoms with Crippen LogP contribution in [-0.4, -0.2) is 21.9 Å². The maximum Gasteiger partial charge on any atom is 0.234 e. The molecule has 1 aliphatic carbocycles. The first-order valence-corrected chi connectivity index (χ1v) is 8.65. The van der Waals surface area contributed by atoms with E-state index < -0.39 is 0 Å². The quantitative estimate of drug-likeness (QED) is 0.847. The number of amides is 1. The number of anilines is 2. The Labute approximate surface area is 131 Å². The summed E-state index contributed by atoms with van der Waals surface area (Å²) in [6.07, 6.45) is 4.58. The summed E-state index contributed by atoms with van der Waals surface area (Å²) in [6, 6.07) is 6.15. The number of nitrogens with two attached hydrogens (primary N) is 1. The molecule has 21 heavy (non-hydrogen) atoms. The van der Waals surface area contributed by atoms with Gasteiger partial charge in [0, 0.05) is 5.69 Å². The molecule has 7 heteroatoms. The third kappa shape index (κ3) is 3.54. The van der Waals surface area contributed by atoms with Crippen LogP contribution < -0.4 is 11.1 Å². The number of hydrogen-bond acceptors (Lipinski definition) is 6. The Balaban J connectivity index is 1.62. The van der Waals surface area contributed by atoms with Crippen molar-refractivity contribution >= 4 is 39.8 Å². The zero-order valence-electron chi connectivity index (χ0n) is 11.5. The SMILES string of the molecule is Nc1nnc(SCC(=O)Nc2cccc3c2CCCC3)s1. The van der Waals surface area contributed by atoms with Crippen LogP contribution in [0.25, 0.3) is 0 Å². The van der Waals surface area contributed by atoms with Crippen LogP contribution in [0.1, 0.15) is 24.0 Å². The molecule has 0 saturated carbocycles. The standard InChI is InChI=1S/C14H16N4OS2/c15-13-17-18-14(21-13)20-8-12(19)16-11-7-3-5-9-4-1-2-6-10(9)11/h3,5,7H,1-2,4,6,8H2,(H2,15,17)(H,16,19). The minimum absolute atomic E-state index is 0.0206. The third-order valence-electron chi connectivity index (χ3n) is 3.42. The van der Waals surface area contributed by atoms with E-state index >= 15 is 0 Å². The van der Waals surface area contributed by atoms with Crippen molar-refractivity contribution in [2.24, 2.45) is 0 Å². The second-order valence-electron chi connectivity index (χ2n) is 4.89. The van der Waals surface area contributed by atoms with Gasteiger partial charge in [-0.3, -0.25) is 4.79 Å². The molecule has 0 spiro atoms. The van der Waals surface area contributed by atoms with Crippen LogP contribution in [0, 0.1) is 0 Å². The predicted octanol–water partition coefficient (Wildman–Crippen LogP) is 2.73. The number of carbonyl (C=O) groups is 1. The molecule has 0 saturated heterocycles. The van der Waals surface area contributed by atoms with Crippen LogP contribution >= 0.6 is 23.1 Å². The fourth-order valence-electron chi connectivity index (χ4n) is 2.49. The molecule has 0 atom stereocenters. The molecule has 2 aromatic rings. The fourth-order valence-corrected chi connectivity index (χ4v) is 3.93. The third-order valence-corrected chi connectivity index (χ3v) is 5.30. The molecule has 5 nitrogen and oxygen atoms in total. The van der Waals surface area contributed by atoms with E-state index in [1.807, 2.05) is 12.1 Å². The molecule has 3 rings (SSSR count). The van der Waals surface area contributed by atoms with Crippen molar-refractivity contribution in [1.82, 2.24) is 10.2 Å². The lowest BCUT2D eigenvalue weighted by Gasteiger charge is -2.19. The first kappa shape index (κ1) is 14.3. The van der Waals surface area contributed by atoms with Crippen LogP contribution in [0.4, 0.5) is 10.8 Å². The fraction of sp³-hybridized carbons (Fsp3) is 0.357. The van der Waals surface area contributed by atoms with Gasteiger partial charge < -0.3 is 11.1 Å². The van der Waals surface area contributed by atoms with E-state index in [1.165, 1.54) is 47.1 Å². The van der Waals surface area contributed by atoms with Crippen molar-refractivity contribution in [1.29, 1.82) is 0 Å². The van der Waals surface area contributed by atoms with Gasteiger partial charge in [-0.25, -0.2) is 0 Å². The summed E-state index contributed by atoms with van der Waals surface area (Å²) in [5, 5.41) is 11.1. The number of nitrogen functional groups attached to an aromatic ring is 1. The van der Waals surface area contributed by atoms with Crippen LogP contribution in [0.15, 0.2) is 22.5 Å². The number of hydrogen-bond donors (Lipinski definition) is 2. The first-order chi connectivity index (χ1) is 10.2. The summed E-state index contributed by atoms with van der Waals surface area (Å²) in [6.45, 7) is 0. The molecule has 0 fully saturated rings. The number of aromatic nitrogens is 2. The van der Waals surface area contributed by atoms with Crippen molar-refractivity contribution in [2.45, 2.75) is 30.0 Å². The molecule has 1 heterocycles. The molecule has 1 aromatic carbocycles. The highest BCUT2D eigenvalue weighted by Gasteiger charge is 2.14. The molecule has 3 N–H and O–H groups in total. The van der Waals surface area contributed by atoms with E-state index in [4.69, 9.17) is 5.73 Å². The Morgan fingerprint density at radius 3 is 3.00 bits per heavy atom. The van der Waals surface area contributed by atoms with Crippen molar-refractivity contribution < 1.29 is 4.79 Å². The Hall–Kier alpha value is -1.60. The second kappa shape index (κ2) is 6.44. The molecule has 1 amide bonds. The van der Waals surface area contributed by atoms with Crippen LogP contribution in [0.2, 0.25) is 0 Å². The number of fused-ring (bicyclic) bond motifs is 1. The molecule has 0 bridgehead atoms. The normalized spacial score (nSPS) is 13.7. The van der Waals surface area contributed by atoms with Crippen LogP contribution in [0.3, 0.4) is 0 Å². The van der Waals surface area contributed by atoms with Gasteiger partial charge >= 0.3 is 0 Å². The van der Waals surface area contributed by atoms with E-state index in [1.54, 1.807) is 0 Å². The van der Waals surface area contributed by atoms with E-state index in [0.29, 0.717) is 10.9 Å². The van der Waals surface area contributed by atoms with E-state index in [0.717, 1.165) is 22.9 Å². The summed E-state index contributed by atoms with van der Waals surface area (Å²) in [5.74, 6) is 0.297. The smallest absolute Gasteiger partial charge is 0.234 e. The van der Waals surface area contributed by atoms with Crippen LogP contribution in [-0.2, 0) is 17.6 Å². The van der Waals surface area contributed by atoms with Gasteiger partial charge in [-0.15, -0.1) is 10.2 Å². The molecule has 1 aliphatic rings. The van der Waals surface area contributed by atoms with Crippen molar-refractivity contribution in [3.63, 3.8) is 0 Å². The van der Waals surface area contributed by atoms with Gasteiger partial charge in [-0.2, -0.15) is 0 Å². The number of thioether (sulfide) groups is 1. The predicted molar refractivity (Wildman–Crippen MR) is 86.8 cm³/mol. The molecular formula is C14H16N4OS2. The molecule has 0 radical (unpaired) electrons. The Morgan fingerprint density at radius 2 is 2.19 bits per heavy atom. The molecule has 110 valence electrons. The zero-order chi connectivity index (χ0) is 14.7. The molecule has 0 aliphatic heterocycles. The molecule has 1 aromatic heterocycles. The average Bonchev–Trinajstić information content (AvgIpc) is 2.91. The van der Waals surface area contributed by atoms with Gasteiger partial charge in [-0.1, -0.05) is 35.2 Å². The maximum absolute atomic E-state index is 12.1. The lowest BCUT2D eigenvalue weighted by atomic mass is 9.90. The van der Waals surface area contributed by atoms with Crippen molar-refractivity contribution in [3.8, 4) is 0 Å². The highest BCUT2D eigenvalue weighted by molar-refractivity contribution is 8.01. The van der Waals surface area contributed by atoms with Crippen molar-refractivity contribution in [2.75, 3.05) is 16.8 Å². The van der Waals surface area contributed by atoms with Crippen molar-refractivity contribution in [3.05, 3.63) is 29.3 Å². The molecule has 0 unspecified atom stereocenters. The van der Waals surface area contributed by atoms with Crippen LogP contribution in [0.5, 0.6) is 0 Å². The highest BCUT2D eigenvalue weighted by atomic mass is 32.2. The van der Waals surface area contributed by atoms with E-state index in [2.05, 4.69) is 21.6 Å². The number of benzene rings is 1. The minimum atomic E-state index is -0.0206. The van der Waals surface area contributed by atoms with Gasteiger partial charge in [0.1, 0.15) is 0 Å². The van der Waals surface area contributed by atoms with E-state index in [-0.39, 0.29) is 5.91 Å². The Kier molecular flexibility index (Phi) is 4.40. The number of carbonyl (C=O) groups excluding carboxylic acids is 1. The van der Waals surface area contributed by atoms with Gasteiger partial charge in [0.2, 0.25) is 11.0 Å². The summed E-state index contributed by atoms with van der Waals surface area (Å²) in [4.78, 5) is 12.1. The van der Waals surface area contributed by atoms with Gasteiger partial charge in [0.25, 0.3) is 0 Å². The Bertz CT molecular complexity index is 656. The van der Waals surface area contributed by atoms with E-state index in [9.17, 15) is 4.79 Å². The number of nitrogens with one attached hydrogen (secondary N) is 1. The molecular weight excluding hydrogens is 304 g/mol.